The molecule has 0 atom stereocenters. The molecule has 74 valence electrons. The first-order valence-electron chi connectivity index (χ1n) is 4.29. The van der Waals surface area contributed by atoms with Gasteiger partial charge >= 0.3 is 0 Å². The van der Waals surface area contributed by atoms with Crippen molar-refractivity contribution in [1.29, 1.82) is 0 Å². The van der Waals surface area contributed by atoms with Gasteiger partial charge in [0.25, 0.3) is 0 Å². The van der Waals surface area contributed by atoms with Crippen molar-refractivity contribution >= 4 is 0 Å². The summed E-state index contributed by atoms with van der Waals surface area (Å²) >= 11 is 0. The molecule has 0 aromatic heterocycles. The molecule has 0 aliphatic rings. The molecule has 0 unspecified atom stereocenters. The molecule has 1 rings (SSSR count). The van der Waals surface area contributed by atoms with E-state index in [4.69, 9.17) is 0 Å². The summed E-state index contributed by atoms with van der Waals surface area (Å²) < 4.78 is 26.1. The third kappa shape index (κ3) is 2.82. The van der Waals surface area contributed by atoms with Gasteiger partial charge in [0.05, 0.1) is 6.54 Å². The van der Waals surface area contributed by atoms with Crippen molar-refractivity contribution in [3.05, 3.63) is 35.4 Å². The average Bonchev–Trinajstić information content (AvgIpc) is 2.16. The molecule has 0 saturated heterocycles. The molecule has 0 amide bonds. The van der Waals surface area contributed by atoms with Gasteiger partial charge in [0.2, 0.25) is 0 Å². The molecule has 0 aliphatic heterocycles. The van der Waals surface area contributed by atoms with Crippen LogP contribution in [0.4, 0.5) is 8.78 Å². The van der Waals surface area contributed by atoms with E-state index < -0.39 is 11.6 Å². The van der Waals surface area contributed by atoms with Crippen LogP contribution >= 0.6 is 0 Å². The largest absolute Gasteiger partial charge is 0.302 e. The quantitative estimate of drug-likeness (QED) is 0.575. The Morgan fingerprint density at radius 3 is 2.50 bits per heavy atom. The average molecular weight is 195 g/mol. The number of hydrogen-bond acceptors (Lipinski definition) is 1. The van der Waals surface area contributed by atoms with Gasteiger partial charge in [-0.15, -0.1) is 5.92 Å². The van der Waals surface area contributed by atoms with Crippen molar-refractivity contribution in [3.63, 3.8) is 0 Å². The first-order chi connectivity index (χ1) is 6.75. The standard InChI is InChI=1S/C11H11F2N/c1-2-3-7-14-8-9-10(12)5-4-6-11(9)13/h4-6,14H,7-8H2,1H3. The molecule has 1 aromatic carbocycles. The molecule has 0 saturated carbocycles. The van der Waals surface area contributed by atoms with Gasteiger partial charge in [-0.05, 0) is 19.1 Å². The second-order valence-corrected chi connectivity index (χ2v) is 2.73. The Labute approximate surface area is 82.1 Å². The van der Waals surface area contributed by atoms with Crippen molar-refractivity contribution in [2.75, 3.05) is 6.54 Å². The molecular formula is C11H11F2N. The van der Waals surface area contributed by atoms with Crippen molar-refractivity contribution in [1.82, 2.24) is 5.32 Å². The van der Waals surface area contributed by atoms with Crippen LogP contribution in [0.1, 0.15) is 12.5 Å². The fourth-order valence-electron chi connectivity index (χ4n) is 1.04. The maximum atomic E-state index is 13.0. The zero-order chi connectivity index (χ0) is 10.4. The Bertz CT molecular complexity index is 343. The molecule has 0 bridgehead atoms. The fourth-order valence-corrected chi connectivity index (χ4v) is 1.04. The van der Waals surface area contributed by atoms with Crippen LogP contribution in [-0.2, 0) is 6.54 Å². The summed E-state index contributed by atoms with van der Waals surface area (Å²) in [5.41, 5.74) is 0.0606. The SMILES string of the molecule is CC#CCNCc1c(F)cccc1F. The van der Waals surface area contributed by atoms with E-state index in [0.717, 1.165) is 0 Å². The molecule has 0 heterocycles. The van der Waals surface area contributed by atoms with Crippen molar-refractivity contribution in [2.24, 2.45) is 0 Å². The van der Waals surface area contributed by atoms with Crippen molar-refractivity contribution in [3.8, 4) is 11.8 Å². The highest BCUT2D eigenvalue weighted by Crippen LogP contribution is 2.10. The Balaban J connectivity index is 2.60. The topological polar surface area (TPSA) is 12.0 Å². The van der Waals surface area contributed by atoms with E-state index in [1.165, 1.54) is 18.2 Å². The smallest absolute Gasteiger partial charge is 0.130 e. The lowest BCUT2D eigenvalue weighted by atomic mass is 10.2. The maximum absolute atomic E-state index is 13.0. The zero-order valence-corrected chi connectivity index (χ0v) is 7.90. The predicted octanol–water partition coefficient (Wildman–Crippen LogP) is 2.08. The number of benzene rings is 1. The molecule has 0 fully saturated rings. The lowest BCUT2D eigenvalue weighted by Gasteiger charge is -2.03. The van der Waals surface area contributed by atoms with Crippen LogP contribution in [0.3, 0.4) is 0 Å². The second kappa shape index (κ2) is 5.36. The highest BCUT2D eigenvalue weighted by Gasteiger charge is 2.06. The van der Waals surface area contributed by atoms with Crippen LogP contribution in [0, 0.1) is 23.5 Å². The summed E-state index contributed by atoms with van der Waals surface area (Å²) in [7, 11) is 0. The first kappa shape index (κ1) is 10.7. The third-order valence-electron chi connectivity index (χ3n) is 1.75. The van der Waals surface area contributed by atoms with Gasteiger partial charge in [-0.25, -0.2) is 8.78 Å². The Morgan fingerprint density at radius 1 is 1.29 bits per heavy atom. The molecule has 1 N–H and O–H groups in total. The minimum absolute atomic E-state index is 0.0606. The second-order valence-electron chi connectivity index (χ2n) is 2.73. The third-order valence-corrected chi connectivity index (χ3v) is 1.75. The van der Waals surface area contributed by atoms with Gasteiger partial charge in [-0.2, -0.15) is 0 Å². The summed E-state index contributed by atoms with van der Waals surface area (Å²) in [6, 6.07) is 3.83. The summed E-state index contributed by atoms with van der Waals surface area (Å²) in [6.07, 6.45) is 0. The molecular weight excluding hydrogens is 184 g/mol. The first-order valence-corrected chi connectivity index (χ1v) is 4.29. The normalized spacial score (nSPS) is 9.36. The molecule has 3 heteroatoms. The zero-order valence-electron chi connectivity index (χ0n) is 7.90. The number of hydrogen-bond donors (Lipinski definition) is 1. The highest BCUT2D eigenvalue weighted by atomic mass is 19.1. The van der Waals surface area contributed by atoms with Crippen LogP contribution < -0.4 is 5.32 Å². The van der Waals surface area contributed by atoms with E-state index in [1.54, 1.807) is 6.92 Å². The number of rotatable bonds is 3. The Morgan fingerprint density at radius 2 is 1.93 bits per heavy atom. The van der Waals surface area contributed by atoms with E-state index >= 15 is 0 Å². The molecule has 14 heavy (non-hydrogen) atoms. The van der Waals surface area contributed by atoms with Crippen LogP contribution in [0.5, 0.6) is 0 Å². The summed E-state index contributed by atoms with van der Waals surface area (Å²) in [5, 5.41) is 2.83. The van der Waals surface area contributed by atoms with E-state index in [-0.39, 0.29) is 12.1 Å². The Hall–Kier alpha value is -1.40. The van der Waals surface area contributed by atoms with Crippen LogP contribution in [0.2, 0.25) is 0 Å². The van der Waals surface area contributed by atoms with E-state index in [9.17, 15) is 8.78 Å². The van der Waals surface area contributed by atoms with E-state index in [1.807, 2.05) is 0 Å². The van der Waals surface area contributed by atoms with Crippen LogP contribution in [0.15, 0.2) is 18.2 Å². The van der Waals surface area contributed by atoms with E-state index in [0.29, 0.717) is 6.54 Å². The highest BCUT2D eigenvalue weighted by molar-refractivity contribution is 5.19. The Kier molecular flexibility index (Phi) is 4.09. The van der Waals surface area contributed by atoms with Gasteiger partial charge in [0.1, 0.15) is 11.6 Å². The van der Waals surface area contributed by atoms with Gasteiger partial charge in [-0.3, -0.25) is 0 Å². The van der Waals surface area contributed by atoms with Gasteiger partial charge in [-0.1, -0.05) is 12.0 Å². The molecule has 1 nitrogen and oxygen atoms in total. The monoisotopic (exact) mass is 195 g/mol. The maximum Gasteiger partial charge on any atom is 0.130 e. The van der Waals surface area contributed by atoms with Gasteiger partial charge in [0, 0.05) is 12.1 Å². The summed E-state index contributed by atoms with van der Waals surface area (Å²) in [5.74, 6) is 4.38. The molecule has 1 aromatic rings. The summed E-state index contributed by atoms with van der Waals surface area (Å²) in [6.45, 7) is 2.31. The lowest BCUT2D eigenvalue weighted by Crippen LogP contribution is -2.15. The minimum atomic E-state index is -0.526. The van der Waals surface area contributed by atoms with Crippen LogP contribution in [-0.4, -0.2) is 6.54 Å². The summed E-state index contributed by atoms with van der Waals surface area (Å²) in [4.78, 5) is 0. The van der Waals surface area contributed by atoms with Crippen molar-refractivity contribution in [2.45, 2.75) is 13.5 Å². The molecule has 0 radical (unpaired) electrons. The fraction of sp³-hybridized carbons (Fsp3) is 0.273. The molecule has 0 spiro atoms. The van der Waals surface area contributed by atoms with Crippen molar-refractivity contribution < 1.29 is 8.78 Å². The van der Waals surface area contributed by atoms with E-state index in [2.05, 4.69) is 17.2 Å². The van der Waals surface area contributed by atoms with Gasteiger partial charge in [0.15, 0.2) is 0 Å². The number of halogens is 2. The lowest BCUT2D eigenvalue weighted by molar-refractivity contribution is 0.543. The predicted molar refractivity (Wildman–Crippen MR) is 51.5 cm³/mol. The van der Waals surface area contributed by atoms with Crippen LogP contribution in [0.25, 0.3) is 0 Å². The molecule has 0 aliphatic carbocycles. The van der Waals surface area contributed by atoms with Gasteiger partial charge < -0.3 is 5.32 Å². The minimum Gasteiger partial charge on any atom is -0.302 e. The number of nitrogens with one attached hydrogen (secondary N) is 1.